The summed E-state index contributed by atoms with van der Waals surface area (Å²) in [5, 5.41) is 0. The first-order chi connectivity index (χ1) is 14.8. The second-order valence-electron chi connectivity index (χ2n) is 8.01. The van der Waals surface area contributed by atoms with Crippen LogP contribution < -0.4 is 9.80 Å². The van der Waals surface area contributed by atoms with Crippen molar-refractivity contribution in [1.82, 2.24) is 14.9 Å². The maximum atomic E-state index is 14.1. The van der Waals surface area contributed by atoms with Gasteiger partial charge in [0.05, 0.1) is 11.4 Å². The van der Waals surface area contributed by atoms with Gasteiger partial charge in [-0.15, -0.1) is 0 Å². The van der Waals surface area contributed by atoms with Gasteiger partial charge in [-0.05, 0) is 17.7 Å². The quantitative estimate of drug-likeness (QED) is 0.666. The van der Waals surface area contributed by atoms with Gasteiger partial charge in [-0.1, -0.05) is 42.5 Å². The van der Waals surface area contributed by atoms with E-state index in [2.05, 4.69) is 50.0 Å². The molecular formula is C24H26FN5. The molecule has 6 heteroatoms. The van der Waals surface area contributed by atoms with Crippen molar-refractivity contribution in [3.8, 4) is 0 Å². The Morgan fingerprint density at radius 3 is 2.37 bits per heavy atom. The second kappa shape index (κ2) is 8.40. The predicted molar refractivity (Wildman–Crippen MR) is 117 cm³/mol. The molecule has 0 bridgehead atoms. The molecule has 0 atom stereocenters. The first-order valence-corrected chi connectivity index (χ1v) is 10.6. The van der Waals surface area contributed by atoms with Crippen LogP contribution >= 0.6 is 0 Å². The average molecular weight is 404 g/mol. The Morgan fingerprint density at radius 1 is 0.833 bits per heavy atom. The number of halogens is 1. The molecule has 1 aromatic heterocycles. The third kappa shape index (κ3) is 4.00. The molecule has 1 saturated heterocycles. The van der Waals surface area contributed by atoms with Crippen LogP contribution in [-0.4, -0.2) is 47.6 Å². The number of benzene rings is 2. The van der Waals surface area contributed by atoms with E-state index < -0.39 is 0 Å². The zero-order chi connectivity index (χ0) is 20.3. The van der Waals surface area contributed by atoms with E-state index >= 15 is 0 Å². The van der Waals surface area contributed by atoms with Gasteiger partial charge >= 0.3 is 0 Å². The number of hydrogen-bond acceptors (Lipinski definition) is 5. The average Bonchev–Trinajstić information content (AvgIpc) is 2.80. The number of piperazine rings is 1. The Morgan fingerprint density at radius 2 is 1.57 bits per heavy atom. The van der Waals surface area contributed by atoms with Crippen LogP contribution in [0.3, 0.4) is 0 Å². The third-order valence-corrected chi connectivity index (χ3v) is 6.00. The minimum atomic E-state index is -0.156. The molecule has 0 saturated carbocycles. The molecule has 0 N–H and O–H groups in total. The summed E-state index contributed by atoms with van der Waals surface area (Å²) >= 11 is 0. The van der Waals surface area contributed by atoms with Crippen molar-refractivity contribution in [2.24, 2.45) is 0 Å². The summed E-state index contributed by atoms with van der Waals surface area (Å²) in [4.78, 5) is 16.3. The highest BCUT2D eigenvalue weighted by Crippen LogP contribution is 2.24. The van der Waals surface area contributed by atoms with Gasteiger partial charge in [0.2, 0.25) is 5.95 Å². The standard InChI is InChI=1S/C24H26FN5/c25-21-8-4-5-9-23(21)29-12-14-30(15-13-29)24-26-16-20-18-28(11-10-22(20)27-24)17-19-6-2-1-3-7-19/h1-9,16H,10-15,17-18H2. The molecule has 5 nitrogen and oxygen atoms in total. The minimum absolute atomic E-state index is 0.156. The molecule has 3 aromatic rings. The summed E-state index contributed by atoms with van der Waals surface area (Å²) < 4.78 is 14.1. The molecule has 30 heavy (non-hydrogen) atoms. The zero-order valence-electron chi connectivity index (χ0n) is 17.0. The number of hydrogen-bond donors (Lipinski definition) is 0. The lowest BCUT2D eigenvalue weighted by Gasteiger charge is -2.36. The van der Waals surface area contributed by atoms with Crippen LogP contribution in [0.1, 0.15) is 16.8 Å². The summed E-state index contributed by atoms with van der Waals surface area (Å²) in [6.07, 6.45) is 2.95. The van der Waals surface area contributed by atoms with Crippen LogP contribution in [0.15, 0.2) is 60.8 Å². The molecule has 0 aliphatic carbocycles. The van der Waals surface area contributed by atoms with Crippen LogP contribution in [0, 0.1) is 5.82 Å². The van der Waals surface area contributed by atoms with Crippen molar-refractivity contribution in [1.29, 1.82) is 0 Å². The number of para-hydroxylation sites is 1. The molecule has 5 rings (SSSR count). The van der Waals surface area contributed by atoms with Gasteiger partial charge in [0, 0.05) is 64.0 Å². The van der Waals surface area contributed by atoms with E-state index in [9.17, 15) is 4.39 Å². The van der Waals surface area contributed by atoms with Crippen molar-refractivity contribution in [3.05, 3.63) is 83.4 Å². The van der Waals surface area contributed by atoms with Gasteiger partial charge < -0.3 is 9.80 Å². The molecule has 0 amide bonds. The van der Waals surface area contributed by atoms with E-state index in [0.717, 1.165) is 58.2 Å². The first-order valence-electron chi connectivity index (χ1n) is 10.6. The molecule has 0 spiro atoms. The number of aromatic nitrogens is 2. The fourth-order valence-electron chi connectivity index (χ4n) is 4.35. The molecule has 1 fully saturated rings. The lowest BCUT2D eigenvalue weighted by atomic mass is 10.1. The van der Waals surface area contributed by atoms with Gasteiger partial charge in [0.25, 0.3) is 0 Å². The van der Waals surface area contributed by atoms with Gasteiger partial charge in [-0.2, -0.15) is 0 Å². The van der Waals surface area contributed by atoms with Crippen LogP contribution in [0.5, 0.6) is 0 Å². The molecule has 154 valence electrons. The molecule has 2 aliphatic rings. The van der Waals surface area contributed by atoms with Gasteiger partial charge in [0.15, 0.2) is 0 Å². The number of nitrogens with zero attached hydrogens (tertiary/aromatic N) is 5. The largest absolute Gasteiger partial charge is 0.366 e. The second-order valence-corrected chi connectivity index (χ2v) is 8.01. The third-order valence-electron chi connectivity index (χ3n) is 6.00. The van der Waals surface area contributed by atoms with E-state index in [4.69, 9.17) is 4.98 Å². The summed E-state index contributed by atoms with van der Waals surface area (Å²) in [6, 6.07) is 17.6. The highest BCUT2D eigenvalue weighted by Gasteiger charge is 2.23. The van der Waals surface area contributed by atoms with E-state index in [0.29, 0.717) is 5.69 Å². The van der Waals surface area contributed by atoms with Crippen LogP contribution in [0.2, 0.25) is 0 Å². The summed E-state index contributed by atoms with van der Waals surface area (Å²) in [5.41, 5.74) is 4.42. The van der Waals surface area contributed by atoms with Gasteiger partial charge in [-0.25, -0.2) is 14.4 Å². The summed E-state index contributed by atoms with van der Waals surface area (Å²) in [5.74, 6) is 0.648. The van der Waals surface area contributed by atoms with Gasteiger partial charge in [0.1, 0.15) is 5.82 Å². The van der Waals surface area contributed by atoms with Crippen LogP contribution in [0.4, 0.5) is 16.0 Å². The Labute approximate surface area is 176 Å². The fraction of sp³-hybridized carbons (Fsp3) is 0.333. The SMILES string of the molecule is Fc1ccccc1N1CCN(c2ncc3c(n2)CCN(Cc2ccccc2)C3)CC1. The first kappa shape index (κ1) is 19.0. The van der Waals surface area contributed by atoms with Crippen molar-refractivity contribution < 1.29 is 4.39 Å². The topological polar surface area (TPSA) is 35.5 Å². The van der Waals surface area contributed by atoms with Crippen molar-refractivity contribution >= 4 is 11.6 Å². The van der Waals surface area contributed by atoms with Crippen molar-refractivity contribution in [2.45, 2.75) is 19.5 Å². The smallest absolute Gasteiger partial charge is 0.225 e. The van der Waals surface area contributed by atoms with Crippen LogP contribution in [0.25, 0.3) is 0 Å². The Bertz CT molecular complexity index is 1000. The maximum absolute atomic E-state index is 14.1. The fourth-order valence-corrected chi connectivity index (χ4v) is 4.35. The zero-order valence-corrected chi connectivity index (χ0v) is 17.0. The summed E-state index contributed by atoms with van der Waals surface area (Å²) in [6.45, 7) is 6.00. The highest BCUT2D eigenvalue weighted by molar-refractivity contribution is 5.49. The van der Waals surface area contributed by atoms with E-state index in [1.807, 2.05) is 18.3 Å². The normalized spacial score (nSPS) is 17.1. The number of anilines is 2. The van der Waals surface area contributed by atoms with Crippen molar-refractivity contribution in [2.75, 3.05) is 42.5 Å². The lowest BCUT2D eigenvalue weighted by molar-refractivity contribution is 0.243. The van der Waals surface area contributed by atoms with E-state index in [1.165, 1.54) is 22.9 Å². The van der Waals surface area contributed by atoms with E-state index in [-0.39, 0.29) is 5.82 Å². The van der Waals surface area contributed by atoms with E-state index in [1.54, 1.807) is 6.07 Å². The summed E-state index contributed by atoms with van der Waals surface area (Å²) in [7, 11) is 0. The monoisotopic (exact) mass is 403 g/mol. The molecule has 2 aromatic carbocycles. The van der Waals surface area contributed by atoms with Gasteiger partial charge in [-0.3, -0.25) is 4.90 Å². The molecule has 0 radical (unpaired) electrons. The Balaban J connectivity index is 1.22. The Hall–Kier alpha value is -2.99. The molecule has 2 aliphatic heterocycles. The van der Waals surface area contributed by atoms with Crippen LogP contribution in [-0.2, 0) is 19.5 Å². The Kier molecular flexibility index (Phi) is 5.32. The molecule has 0 unspecified atom stereocenters. The molecular weight excluding hydrogens is 377 g/mol. The molecule has 3 heterocycles. The maximum Gasteiger partial charge on any atom is 0.225 e. The minimum Gasteiger partial charge on any atom is -0.366 e. The number of rotatable bonds is 4. The number of fused-ring (bicyclic) bond motifs is 1. The predicted octanol–water partition coefficient (Wildman–Crippen LogP) is 3.50. The lowest BCUT2D eigenvalue weighted by Crippen LogP contribution is -2.47. The highest BCUT2D eigenvalue weighted by atomic mass is 19.1. The van der Waals surface area contributed by atoms with Crippen molar-refractivity contribution in [3.63, 3.8) is 0 Å².